The molecule has 1 amide bonds. The van der Waals surface area contributed by atoms with Crippen LogP contribution in [-0.4, -0.2) is 16.7 Å². The van der Waals surface area contributed by atoms with Crippen LogP contribution in [0.4, 0.5) is 5.69 Å². The van der Waals surface area contributed by atoms with Gasteiger partial charge in [0, 0.05) is 28.6 Å². The van der Waals surface area contributed by atoms with Crippen LogP contribution in [0.1, 0.15) is 44.8 Å². The molecule has 2 aromatic carbocycles. The van der Waals surface area contributed by atoms with Gasteiger partial charge in [0.2, 0.25) is 0 Å². The van der Waals surface area contributed by atoms with Crippen LogP contribution in [0.3, 0.4) is 0 Å². The molecule has 4 rings (SSSR count). The summed E-state index contributed by atoms with van der Waals surface area (Å²) in [6.07, 6.45) is 2.26. The summed E-state index contributed by atoms with van der Waals surface area (Å²) in [6.45, 7) is 0. The molecule has 0 radical (unpaired) electrons. The fraction of sp³-hybridized carbons (Fsp3) is 0.150. The predicted octanol–water partition coefficient (Wildman–Crippen LogP) is 3.81. The van der Waals surface area contributed by atoms with Crippen molar-refractivity contribution in [1.29, 1.82) is 5.26 Å². The number of aryl methyl sites for hydroxylation is 1. The molecule has 0 aliphatic heterocycles. The molecule has 0 saturated carbocycles. The largest absolute Gasteiger partial charge is 0.352 e. The van der Waals surface area contributed by atoms with Crippen molar-refractivity contribution < 1.29 is 9.59 Å². The number of hydrogen-bond acceptors (Lipinski definition) is 3. The third-order valence-electron chi connectivity index (χ3n) is 4.53. The maximum Gasteiger partial charge on any atom is 0.255 e. The van der Waals surface area contributed by atoms with Crippen LogP contribution in [0, 0.1) is 11.3 Å². The second kappa shape index (κ2) is 5.91. The average Bonchev–Trinajstić information content (AvgIpc) is 3.01. The maximum absolute atomic E-state index is 12.5. The SMILES string of the molecule is N#Cc1cccc(NC(=O)c2ccc3[nH]c4c(c3c2)CCCC4=O)c1. The molecule has 1 heterocycles. The number of Topliss-reactive ketones (excluding diaryl/α,β-unsaturated/α-hetero) is 1. The van der Waals surface area contributed by atoms with Gasteiger partial charge < -0.3 is 10.3 Å². The van der Waals surface area contributed by atoms with Gasteiger partial charge in [0.05, 0.1) is 17.3 Å². The number of aromatic amines is 1. The van der Waals surface area contributed by atoms with Crippen molar-refractivity contribution >= 4 is 28.3 Å². The standard InChI is InChI=1S/C20H15N3O2/c21-11-12-3-1-4-14(9-12)22-20(25)13-7-8-17-16(10-13)15-5-2-6-18(24)19(15)23-17/h1,3-4,7-10,23H,2,5-6H2,(H,22,25). The van der Waals surface area contributed by atoms with E-state index in [1.807, 2.05) is 12.1 Å². The Hall–Kier alpha value is -3.39. The maximum atomic E-state index is 12.5. The van der Waals surface area contributed by atoms with Crippen LogP contribution in [0.15, 0.2) is 42.5 Å². The minimum atomic E-state index is -0.242. The summed E-state index contributed by atoms with van der Waals surface area (Å²) in [7, 11) is 0. The number of rotatable bonds is 2. The van der Waals surface area contributed by atoms with E-state index in [0.717, 1.165) is 29.3 Å². The van der Waals surface area contributed by atoms with Crippen molar-refractivity contribution in [2.24, 2.45) is 0 Å². The molecule has 3 aromatic rings. The van der Waals surface area contributed by atoms with E-state index in [2.05, 4.69) is 16.4 Å². The number of amides is 1. The van der Waals surface area contributed by atoms with Gasteiger partial charge >= 0.3 is 0 Å². The van der Waals surface area contributed by atoms with Gasteiger partial charge in [-0.1, -0.05) is 6.07 Å². The highest BCUT2D eigenvalue weighted by Gasteiger charge is 2.22. The molecule has 5 nitrogen and oxygen atoms in total. The third kappa shape index (κ3) is 2.68. The lowest BCUT2D eigenvalue weighted by molar-refractivity contribution is 0.0967. The Morgan fingerprint density at radius 1 is 1.16 bits per heavy atom. The molecule has 1 aliphatic rings. The molecule has 0 bridgehead atoms. The van der Waals surface area contributed by atoms with Crippen LogP contribution in [-0.2, 0) is 6.42 Å². The Kier molecular flexibility index (Phi) is 3.58. The summed E-state index contributed by atoms with van der Waals surface area (Å²) in [4.78, 5) is 27.8. The van der Waals surface area contributed by atoms with Crippen molar-refractivity contribution in [3.63, 3.8) is 0 Å². The van der Waals surface area contributed by atoms with E-state index in [-0.39, 0.29) is 11.7 Å². The molecule has 122 valence electrons. The zero-order chi connectivity index (χ0) is 17.4. The van der Waals surface area contributed by atoms with Crippen molar-refractivity contribution in [2.45, 2.75) is 19.3 Å². The van der Waals surface area contributed by atoms with Gasteiger partial charge in [0.25, 0.3) is 5.91 Å². The number of ketones is 1. The third-order valence-corrected chi connectivity index (χ3v) is 4.53. The molecule has 1 aromatic heterocycles. The molecule has 0 spiro atoms. The number of carbonyl (C=O) groups is 2. The normalized spacial score (nSPS) is 13.3. The van der Waals surface area contributed by atoms with Crippen molar-refractivity contribution in [1.82, 2.24) is 4.98 Å². The Morgan fingerprint density at radius 2 is 2.04 bits per heavy atom. The summed E-state index contributed by atoms with van der Waals surface area (Å²) in [5.74, 6) is -0.106. The van der Waals surface area contributed by atoms with E-state index in [0.29, 0.717) is 28.9 Å². The van der Waals surface area contributed by atoms with Crippen LogP contribution in [0.2, 0.25) is 0 Å². The molecular weight excluding hydrogens is 314 g/mol. The number of nitrogens with zero attached hydrogens (tertiary/aromatic N) is 1. The Bertz CT molecular complexity index is 1060. The van der Waals surface area contributed by atoms with E-state index < -0.39 is 0 Å². The van der Waals surface area contributed by atoms with Gasteiger partial charge in [-0.2, -0.15) is 5.26 Å². The Balaban J connectivity index is 1.68. The van der Waals surface area contributed by atoms with Gasteiger partial charge in [-0.25, -0.2) is 0 Å². The monoisotopic (exact) mass is 329 g/mol. The average molecular weight is 329 g/mol. The summed E-state index contributed by atoms with van der Waals surface area (Å²) < 4.78 is 0. The van der Waals surface area contributed by atoms with E-state index in [1.54, 1.807) is 30.3 Å². The van der Waals surface area contributed by atoms with Crippen molar-refractivity contribution in [3.8, 4) is 6.07 Å². The summed E-state index contributed by atoms with van der Waals surface area (Å²) in [6, 6.07) is 14.2. The van der Waals surface area contributed by atoms with Gasteiger partial charge in [-0.15, -0.1) is 0 Å². The number of anilines is 1. The number of benzene rings is 2. The second-order valence-corrected chi connectivity index (χ2v) is 6.16. The molecule has 0 unspecified atom stereocenters. The summed E-state index contributed by atoms with van der Waals surface area (Å²) >= 11 is 0. The van der Waals surface area contributed by atoms with Gasteiger partial charge in [0.1, 0.15) is 0 Å². The van der Waals surface area contributed by atoms with Crippen LogP contribution in [0.5, 0.6) is 0 Å². The lowest BCUT2D eigenvalue weighted by atomic mass is 9.94. The topological polar surface area (TPSA) is 85.8 Å². The minimum Gasteiger partial charge on any atom is -0.352 e. The quantitative estimate of drug-likeness (QED) is 0.749. The highest BCUT2D eigenvalue weighted by Crippen LogP contribution is 2.30. The number of H-pyrrole nitrogens is 1. The van der Waals surface area contributed by atoms with Gasteiger partial charge in [-0.05, 0) is 54.8 Å². The number of nitriles is 1. The van der Waals surface area contributed by atoms with Crippen LogP contribution < -0.4 is 5.32 Å². The number of aromatic nitrogens is 1. The lowest BCUT2D eigenvalue weighted by Gasteiger charge is -2.10. The van der Waals surface area contributed by atoms with E-state index in [1.165, 1.54) is 0 Å². The smallest absolute Gasteiger partial charge is 0.255 e. The Morgan fingerprint density at radius 3 is 2.88 bits per heavy atom. The Labute approximate surface area is 144 Å². The number of hydrogen-bond donors (Lipinski definition) is 2. The first kappa shape index (κ1) is 15.2. The fourth-order valence-electron chi connectivity index (χ4n) is 3.31. The first-order chi connectivity index (χ1) is 12.2. The second-order valence-electron chi connectivity index (χ2n) is 6.16. The zero-order valence-corrected chi connectivity index (χ0v) is 13.4. The molecule has 0 atom stereocenters. The van der Waals surface area contributed by atoms with E-state index in [4.69, 9.17) is 5.26 Å². The highest BCUT2D eigenvalue weighted by molar-refractivity contribution is 6.08. The molecule has 25 heavy (non-hydrogen) atoms. The number of fused-ring (bicyclic) bond motifs is 3. The summed E-state index contributed by atoms with van der Waals surface area (Å²) in [5.41, 5.74) is 4.16. The van der Waals surface area contributed by atoms with Crippen LogP contribution in [0.25, 0.3) is 10.9 Å². The molecule has 5 heteroatoms. The number of nitrogens with one attached hydrogen (secondary N) is 2. The number of carbonyl (C=O) groups excluding carboxylic acids is 2. The zero-order valence-electron chi connectivity index (χ0n) is 13.4. The van der Waals surface area contributed by atoms with Gasteiger partial charge in [0.15, 0.2) is 5.78 Å². The van der Waals surface area contributed by atoms with Gasteiger partial charge in [-0.3, -0.25) is 9.59 Å². The van der Waals surface area contributed by atoms with Crippen molar-refractivity contribution in [2.75, 3.05) is 5.32 Å². The van der Waals surface area contributed by atoms with E-state index in [9.17, 15) is 9.59 Å². The van der Waals surface area contributed by atoms with Crippen molar-refractivity contribution in [3.05, 3.63) is 64.8 Å². The fourth-order valence-corrected chi connectivity index (χ4v) is 3.31. The first-order valence-electron chi connectivity index (χ1n) is 8.15. The molecule has 2 N–H and O–H groups in total. The van der Waals surface area contributed by atoms with E-state index >= 15 is 0 Å². The van der Waals surface area contributed by atoms with Crippen LogP contribution >= 0.6 is 0 Å². The minimum absolute atomic E-state index is 0.136. The molecule has 0 saturated heterocycles. The molecule has 0 fully saturated rings. The first-order valence-corrected chi connectivity index (χ1v) is 8.15. The summed E-state index contributed by atoms with van der Waals surface area (Å²) in [5, 5.41) is 12.7. The predicted molar refractivity (Wildman–Crippen MR) is 94.7 cm³/mol. The lowest BCUT2D eigenvalue weighted by Crippen LogP contribution is -2.12. The highest BCUT2D eigenvalue weighted by atomic mass is 16.1. The molecule has 1 aliphatic carbocycles. The molecular formula is C20H15N3O2.